The smallest absolute Gasteiger partial charge is 0.292 e. The summed E-state index contributed by atoms with van der Waals surface area (Å²) in [7, 11) is 0. The third kappa shape index (κ3) is 3.47. The van der Waals surface area contributed by atoms with Gasteiger partial charge in [0.1, 0.15) is 23.2 Å². The number of nitrogens with zero attached hydrogens (tertiary/aromatic N) is 3. The van der Waals surface area contributed by atoms with Crippen LogP contribution >= 0.6 is 0 Å². The van der Waals surface area contributed by atoms with Crippen molar-refractivity contribution in [3.63, 3.8) is 0 Å². The number of aromatic nitrogens is 3. The zero-order valence-corrected chi connectivity index (χ0v) is 17.5. The van der Waals surface area contributed by atoms with Gasteiger partial charge in [-0.15, -0.1) is 0 Å². The number of amides is 1. The minimum absolute atomic E-state index is 0.0932. The highest BCUT2D eigenvalue weighted by Gasteiger charge is 2.41. The van der Waals surface area contributed by atoms with Gasteiger partial charge < -0.3 is 18.7 Å². The SMILES string of the molecule is CC(C)(F)c1nc(C(F)F)c(C(=O)N2CCc3[nH]cnc3[C@H]2c2cc3c(F)cccc3o2)o1. The number of hydrogen-bond donors (Lipinski definition) is 1. The molecule has 0 bridgehead atoms. The molecule has 1 atom stereocenters. The molecule has 11 heteroatoms. The minimum Gasteiger partial charge on any atom is -0.458 e. The van der Waals surface area contributed by atoms with E-state index in [1.807, 2.05) is 0 Å². The zero-order valence-electron chi connectivity index (χ0n) is 17.5. The number of carbonyl (C=O) groups excluding carboxylic acids is 1. The first-order chi connectivity index (χ1) is 15.6. The van der Waals surface area contributed by atoms with Crippen molar-refractivity contribution in [1.29, 1.82) is 0 Å². The molecule has 0 fully saturated rings. The van der Waals surface area contributed by atoms with E-state index in [9.17, 15) is 22.4 Å². The van der Waals surface area contributed by atoms with Crippen molar-refractivity contribution in [2.75, 3.05) is 6.54 Å². The molecule has 0 aliphatic carbocycles. The summed E-state index contributed by atoms with van der Waals surface area (Å²) in [4.78, 5) is 25.5. The molecular formula is C22H18F4N4O3. The first-order valence-corrected chi connectivity index (χ1v) is 10.1. The van der Waals surface area contributed by atoms with Crippen LogP contribution in [0.4, 0.5) is 17.6 Å². The van der Waals surface area contributed by atoms with Gasteiger partial charge in [0.25, 0.3) is 12.3 Å². The van der Waals surface area contributed by atoms with E-state index in [0.29, 0.717) is 12.1 Å². The van der Waals surface area contributed by atoms with E-state index in [1.165, 1.54) is 29.4 Å². The first kappa shape index (κ1) is 21.2. The quantitative estimate of drug-likeness (QED) is 0.421. The lowest BCUT2D eigenvalue weighted by molar-refractivity contribution is 0.0616. The van der Waals surface area contributed by atoms with Gasteiger partial charge in [-0.25, -0.2) is 27.5 Å². The molecule has 0 radical (unpaired) electrons. The molecule has 4 heterocycles. The average Bonchev–Trinajstić information content (AvgIpc) is 3.49. The van der Waals surface area contributed by atoms with Crippen molar-refractivity contribution in [3.05, 3.63) is 70.9 Å². The summed E-state index contributed by atoms with van der Waals surface area (Å²) in [6.07, 6.45) is -1.36. The molecule has 1 N–H and O–H groups in total. The fraction of sp³-hybridized carbons (Fsp3) is 0.318. The van der Waals surface area contributed by atoms with Crippen LogP contribution in [0.15, 0.2) is 39.4 Å². The van der Waals surface area contributed by atoms with E-state index in [1.54, 1.807) is 6.07 Å². The molecule has 7 nitrogen and oxygen atoms in total. The number of benzene rings is 1. The molecule has 0 spiro atoms. The highest BCUT2D eigenvalue weighted by Crippen LogP contribution is 2.39. The van der Waals surface area contributed by atoms with Crippen molar-refractivity contribution in [1.82, 2.24) is 19.9 Å². The molecule has 0 saturated carbocycles. The third-order valence-corrected chi connectivity index (χ3v) is 5.55. The van der Waals surface area contributed by atoms with Crippen LogP contribution in [-0.4, -0.2) is 32.3 Å². The maximum absolute atomic E-state index is 14.3. The molecule has 3 aromatic heterocycles. The van der Waals surface area contributed by atoms with Gasteiger partial charge in [-0.1, -0.05) is 6.07 Å². The number of fused-ring (bicyclic) bond motifs is 2. The predicted molar refractivity (Wildman–Crippen MR) is 107 cm³/mol. The van der Waals surface area contributed by atoms with E-state index < -0.39 is 47.2 Å². The zero-order chi connectivity index (χ0) is 23.5. The Labute approximate surface area is 184 Å². The molecule has 172 valence electrons. The highest BCUT2D eigenvalue weighted by atomic mass is 19.3. The number of halogens is 4. The van der Waals surface area contributed by atoms with Crippen molar-refractivity contribution in [3.8, 4) is 0 Å². The molecule has 1 amide bonds. The van der Waals surface area contributed by atoms with E-state index in [-0.39, 0.29) is 23.3 Å². The summed E-state index contributed by atoms with van der Waals surface area (Å²) in [5.74, 6) is -2.62. The van der Waals surface area contributed by atoms with Crippen molar-refractivity contribution in [2.45, 2.75) is 38.4 Å². The van der Waals surface area contributed by atoms with Crippen molar-refractivity contribution >= 4 is 16.9 Å². The van der Waals surface area contributed by atoms with E-state index in [4.69, 9.17) is 8.83 Å². The lowest BCUT2D eigenvalue weighted by Crippen LogP contribution is -2.40. The minimum atomic E-state index is -3.16. The lowest BCUT2D eigenvalue weighted by atomic mass is 9.99. The van der Waals surface area contributed by atoms with Crippen molar-refractivity contribution < 1.29 is 31.2 Å². The molecule has 1 aromatic carbocycles. The van der Waals surface area contributed by atoms with Gasteiger partial charge >= 0.3 is 0 Å². The molecule has 5 rings (SSSR count). The molecular weight excluding hydrogens is 444 g/mol. The maximum Gasteiger partial charge on any atom is 0.292 e. The molecule has 33 heavy (non-hydrogen) atoms. The molecule has 1 aliphatic heterocycles. The summed E-state index contributed by atoms with van der Waals surface area (Å²) in [5, 5.41) is 0.206. The van der Waals surface area contributed by atoms with Gasteiger partial charge in [0.05, 0.1) is 17.4 Å². The van der Waals surface area contributed by atoms with Crippen LogP contribution in [0.5, 0.6) is 0 Å². The Bertz CT molecular complexity index is 1350. The summed E-state index contributed by atoms with van der Waals surface area (Å²) >= 11 is 0. The van der Waals surface area contributed by atoms with Crippen LogP contribution in [-0.2, 0) is 12.1 Å². The number of imidazole rings is 1. The monoisotopic (exact) mass is 462 g/mol. The molecule has 0 unspecified atom stereocenters. The normalized spacial score (nSPS) is 16.6. The Hall–Kier alpha value is -3.63. The number of furan rings is 1. The Balaban J connectivity index is 1.63. The van der Waals surface area contributed by atoms with E-state index >= 15 is 0 Å². The summed E-state index contributed by atoms with van der Waals surface area (Å²) < 4.78 is 67.0. The molecule has 4 aromatic rings. The number of H-pyrrole nitrogens is 1. The summed E-state index contributed by atoms with van der Waals surface area (Å²) in [5.41, 5.74) is -1.70. The van der Waals surface area contributed by atoms with Gasteiger partial charge in [-0.2, -0.15) is 0 Å². The molecule has 1 aliphatic rings. The number of aromatic amines is 1. The fourth-order valence-electron chi connectivity index (χ4n) is 3.98. The maximum atomic E-state index is 14.3. The summed E-state index contributed by atoms with van der Waals surface area (Å²) in [6, 6.07) is 4.83. The van der Waals surface area contributed by atoms with Crippen LogP contribution in [0.25, 0.3) is 11.0 Å². The number of oxazole rings is 1. The van der Waals surface area contributed by atoms with Crippen LogP contribution in [0.2, 0.25) is 0 Å². The molecule has 0 saturated heterocycles. The average molecular weight is 462 g/mol. The highest BCUT2D eigenvalue weighted by molar-refractivity contribution is 5.93. The number of hydrogen-bond acceptors (Lipinski definition) is 5. The second kappa shape index (κ2) is 7.46. The number of alkyl halides is 3. The van der Waals surface area contributed by atoms with Gasteiger partial charge in [0, 0.05) is 18.7 Å². The Morgan fingerprint density at radius 3 is 2.79 bits per heavy atom. The topological polar surface area (TPSA) is 88.2 Å². The van der Waals surface area contributed by atoms with Crippen LogP contribution in [0.1, 0.15) is 65.6 Å². The van der Waals surface area contributed by atoms with E-state index in [0.717, 1.165) is 19.5 Å². The number of carbonyl (C=O) groups is 1. The summed E-state index contributed by atoms with van der Waals surface area (Å²) in [6.45, 7) is 2.27. The standard InChI is InChI=1S/C22H18F4N4O3/c1-22(2,26)21-29-16(19(24)25)18(33-21)20(31)30-7-6-12-15(28-9-27-12)17(30)14-8-10-11(23)4-3-5-13(10)32-14/h3-5,8-9,17,19H,6-7H2,1-2H3,(H,27,28)/t17-/m1/s1. The second-order valence-electron chi connectivity index (χ2n) is 8.22. The lowest BCUT2D eigenvalue weighted by Gasteiger charge is -2.33. The number of rotatable bonds is 4. The van der Waals surface area contributed by atoms with Crippen molar-refractivity contribution in [2.24, 2.45) is 0 Å². The Kier molecular flexibility index (Phi) is 4.80. The second-order valence-corrected chi connectivity index (χ2v) is 8.22. The van der Waals surface area contributed by atoms with Crippen LogP contribution in [0, 0.1) is 5.82 Å². The fourth-order valence-corrected chi connectivity index (χ4v) is 3.98. The third-order valence-electron chi connectivity index (χ3n) is 5.55. The van der Waals surface area contributed by atoms with Gasteiger partial charge in [0.15, 0.2) is 11.4 Å². The number of nitrogens with one attached hydrogen (secondary N) is 1. The predicted octanol–water partition coefficient (Wildman–Crippen LogP) is 5.21. The Morgan fingerprint density at radius 2 is 2.09 bits per heavy atom. The van der Waals surface area contributed by atoms with Gasteiger partial charge in [-0.3, -0.25) is 4.79 Å². The largest absolute Gasteiger partial charge is 0.458 e. The van der Waals surface area contributed by atoms with Crippen LogP contribution < -0.4 is 0 Å². The van der Waals surface area contributed by atoms with E-state index in [2.05, 4.69) is 15.0 Å². The first-order valence-electron chi connectivity index (χ1n) is 10.1. The Morgan fingerprint density at radius 1 is 1.30 bits per heavy atom. The van der Waals surface area contributed by atoms with Crippen LogP contribution in [0.3, 0.4) is 0 Å². The van der Waals surface area contributed by atoms with Gasteiger partial charge in [0.2, 0.25) is 11.7 Å². The van der Waals surface area contributed by atoms with Gasteiger partial charge in [-0.05, 0) is 32.0 Å².